The summed E-state index contributed by atoms with van der Waals surface area (Å²) in [7, 11) is 0. The quantitative estimate of drug-likeness (QED) is 0.739. The number of alkyl halides is 6. The molecule has 0 aromatic heterocycles. The Hall–Kier alpha value is -1.48. The topological polar surface area (TPSA) is 66.4 Å². The maximum absolute atomic E-state index is 11.7. The van der Waals surface area contributed by atoms with Crippen LogP contribution in [0.2, 0.25) is 0 Å². The van der Waals surface area contributed by atoms with Crippen LogP contribution >= 0.6 is 0 Å². The van der Waals surface area contributed by atoms with E-state index in [1.54, 1.807) is 0 Å². The normalized spacial score (nSPS) is 14.4. The number of carboxylic acids is 1. The van der Waals surface area contributed by atoms with Crippen molar-refractivity contribution in [1.29, 1.82) is 0 Å². The number of halogens is 6. The van der Waals surface area contributed by atoms with E-state index >= 15 is 0 Å². The van der Waals surface area contributed by atoms with Crippen molar-refractivity contribution in [3.63, 3.8) is 0 Å². The number of rotatable bonds is 3. The zero-order valence-electron chi connectivity index (χ0n) is 7.32. The average molecular weight is 253 g/mol. The highest BCUT2D eigenvalue weighted by Crippen LogP contribution is 2.22. The van der Waals surface area contributed by atoms with Gasteiger partial charge in [-0.05, 0) is 0 Å². The van der Waals surface area contributed by atoms with Crippen molar-refractivity contribution < 1.29 is 41.0 Å². The molecule has 1 amide bonds. The monoisotopic (exact) mass is 253 g/mol. The molecule has 16 heavy (non-hydrogen) atoms. The number of hydrogen-bond donors (Lipinski definition) is 2. The largest absolute Gasteiger partial charge is 0.480 e. The van der Waals surface area contributed by atoms with E-state index in [0.29, 0.717) is 0 Å². The lowest BCUT2D eigenvalue weighted by atomic mass is 10.2. The first-order chi connectivity index (χ1) is 6.93. The summed E-state index contributed by atoms with van der Waals surface area (Å²) in [5, 5.41) is 8.90. The SMILES string of the molecule is O=C(O)[C@H](CC(F)(F)F)NC(=O)C(F)(F)F. The Balaban J connectivity index is 4.60. The fourth-order valence-corrected chi connectivity index (χ4v) is 0.672. The van der Waals surface area contributed by atoms with Crippen molar-refractivity contribution in [2.45, 2.75) is 24.8 Å². The van der Waals surface area contributed by atoms with Crippen molar-refractivity contribution in [1.82, 2.24) is 5.32 Å². The second-order valence-corrected chi connectivity index (χ2v) is 2.68. The number of hydrogen-bond acceptors (Lipinski definition) is 2. The van der Waals surface area contributed by atoms with Gasteiger partial charge in [0, 0.05) is 0 Å². The summed E-state index contributed by atoms with van der Waals surface area (Å²) in [6.07, 6.45) is -12.5. The lowest BCUT2D eigenvalue weighted by Gasteiger charge is -2.16. The Kier molecular flexibility index (Phi) is 4.15. The molecule has 94 valence electrons. The molecule has 0 fully saturated rings. The van der Waals surface area contributed by atoms with Crippen LogP contribution in [0.4, 0.5) is 26.3 Å². The second-order valence-electron chi connectivity index (χ2n) is 2.68. The maximum atomic E-state index is 11.7. The highest BCUT2D eigenvalue weighted by atomic mass is 19.4. The summed E-state index contributed by atoms with van der Waals surface area (Å²) in [4.78, 5) is 20.4. The van der Waals surface area contributed by atoms with E-state index < -0.39 is 36.7 Å². The Bertz CT molecular complexity index is 283. The van der Waals surface area contributed by atoms with Gasteiger partial charge < -0.3 is 10.4 Å². The van der Waals surface area contributed by atoms with Gasteiger partial charge in [-0.15, -0.1) is 0 Å². The number of carbonyl (C=O) groups excluding carboxylic acids is 1. The van der Waals surface area contributed by atoms with Crippen LogP contribution in [0.1, 0.15) is 6.42 Å². The predicted molar refractivity (Wildman–Crippen MR) is 36.3 cm³/mol. The van der Waals surface area contributed by atoms with E-state index in [9.17, 15) is 35.9 Å². The summed E-state index contributed by atoms with van der Waals surface area (Å²) in [6, 6.07) is -2.66. The lowest BCUT2D eigenvalue weighted by molar-refractivity contribution is -0.179. The number of aliphatic carboxylic acids is 1. The Morgan fingerprint density at radius 2 is 1.56 bits per heavy atom. The van der Waals surface area contributed by atoms with Crippen LogP contribution in [0.5, 0.6) is 0 Å². The molecular weight excluding hydrogens is 248 g/mol. The predicted octanol–water partition coefficient (Wildman–Crippen LogP) is 1.07. The minimum atomic E-state index is -5.43. The Morgan fingerprint density at radius 1 is 1.12 bits per heavy atom. The molecule has 1 atom stereocenters. The molecule has 0 aliphatic carbocycles. The summed E-state index contributed by atoms with van der Waals surface area (Å²) < 4.78 is 70.0. The van der Waals surface area contributed by atoms with Crippen molar-refractivity contribution in [3.05, 3.63) is 0 Å². The molecule has 0 saturated heterocycles. The van der Waals surface area contributed by atoms with Crippen LogP contribution < -0.4 is 5.32 Å². The molecule has 0 bridgehead atoms. The summed E-state index contributed by atoms with van der Waals surface area (Å²) >= 11 is 0. The van der Waals surface area contributed by atoms with Gasteiger partial charge in [-0.3, -0.25) is 4.79 Å². The third-order valence-corrected chi connectivity index (χ3v) is 1.30. The maximum Gasteiger partial charge on any atom is 0.471 e. The van der Waals surface area contributed by atoms with Crippen LogP contribution in [0.3, 0.4) is 0 Å². The molecule has 0 unspecified atom stereocenters. The van der Waals surface area contributed by atoms with Crippen molar-refractivity contribution in [2.75, 3.05) is 0 Å². The van der Waals surface area contributed by atoms with E-state index in [4.69, 9.17) is 5.11 Å². The zero-order valence-corrected chi connectivity index (χ0v) is 7.32. The molecule has 0 aliphatic rings. The molecule has 0 heterocycles. The number of nitrogens with one attached hydrogen (secondary N) is 1. The zero-order chi connectivity index (χ0) is 13.1. The molecule has 0 radical (unpaired) electrons. The molecule has 0 rings (SSSR count). The molecule has 0 aromatic carbocycles. The first-order valence-corrected chi connectivity index (χ1v) is 3.60. The third-order valence-electron chi connectivity index (χ3n) is 1.30. The van der Waals surface area contributed by atoms with Crippen LogP contribution in [-0.4, -0.2) is 35.4 Å². The molecular formula is C6H5F6NO3. The first kappa shape index (κ1) is 14.5. The van der Waals surface area contributed by atoms with Gasteiger partial charge >= 0.3 is 24.2 Å². The van der Waals surface area contributed by atoms with E-state index in [2.05, 4.69) is 0 Å². The first-order valence-electron chi connectivity index (χ1n) is 3.60. The third kappa shape index (κ3) is 5.41. The van der Waals surface area contributed by atoms with Gasteiger partial charge in [0.15, 0.2) is 0 Å². The van der Waals surface area contributed by atoms with Gasteiger partial charge in [-0.2, -0.15) is 26.3 Å². The van der Waals surface area contributed by atoms with Crippen molar-refractivity contribution in [3.8, 4) is 0 Å². The summed E-state index contributed by atoms with van der Waals surface area (Å²) in [5.41, 5.74) is 0. The highest BCUT2D eigenvalue weighted by molar-refractivity contribution is 5.86. The summed E-state index contributed by atoms with van der Waals surface area (Å²) in [6.45, 7) is 0. The number of carbonyl (C=O) groups is 2. The van der Waals surface area contributed by atoms with Crippen molar-refractivity contribution in [2.24, 2.45) is 0 Å². The highest BCUT2D eigenvalue weighted by Gasteiger charge is 2.43. The smallest absolute Gasteiger partial charge is 0.471 e. The standard InChI is InChI=1S/C6H5F6NO3/c7-5(8,9)1-2(3(14)15)13-4(16)6(10,11)12/h2H,1H2,(H,13,16)(H,14,15)/t2-/m0/s1. The minimum absolute atomic E-state index is 0.729. The fourth-order valence-electron chi connectivity index (χ4n) is 0.672. The molecule has 0 aromatic rings. The number of carboxylic acid groups (broad SMARTS) is 1. The van der Waals surface area contributed by atoms with Gasteiger partial charge in [0.25, 0.3) is 0 Å². The van der Waals surface area contributed by atoms with Crippen LogP contribution in [0.25, 0.3) is 0 Å². The van der Waals surface area contributed by atoms with Crippen LogP contribution in [0.15, 0.2) is 0 Å². The lowest BCUT2D eigenvalue weighted by Crippen LogP contribution is -2.48. The molecule has 4 nitrogen and oxygen atoms in total. The molecule has 0 aliphatic heterocycles. The van der Waals surface area contributed by atoms with Gasteiger partial charge in [-0.25, -0.2) is 4.79 Å². The molecule has 0 saturated carbocycles. The fraction of sp³-hybridized carbons (Fsp3) is 0.667. The van der Waals surface area contributed by atoms with Gasteiger partial charge in [0.1, 0.15) is 6.04 Å². The van der Waals surface area contributed by atoms with Gasteiger partial charge in [-0.1, -0.05) is 0 Å². The van der Waals surface area contributed by atoms with Crippen molar-refractivity contribution >= 4 is 11.9 Å². The van der Waals surface area contributed by atoms with Crippen LogP contribution in [0, 0.1) is 0 Å². The van der Waals surface area contributed by atoms with Gasteiger partial charge in [0.2, 0.25) is 0 Å². The molecule has 0 spiro atoms. The number of amides is 1. The average Bonchev–Trinajstić information content (AvgIpc) is 1.98. The Morgan fingerprint density at radius 3 is 1.81 bits per heavy atom. The van der Waals surface area contributed by atoms with E-state index in [1.165, 1.54) is 0 Å². The molecule has 10 heteroatoms. The molecule has 2 N–H and O–H groups in total. The second kappa shape index (κ2) is 4.58. The van der Waals surface area contributed by atoms with E-state index in [-0.39, 0.29) is 0 Å². The van der Waals surface area contributed by atoms with E-state index in [1.807, 2.05) is 0 Å². The van der Waals surface area contributed by atoms with Crippen LogP contribution in [-0.2, 0) is 9.59 Å². The van der Waals surface area contributed by atoms with E-state index in [0.717, 1.165) is 5.32 Å². The summed E-state index contributed by atoms with van der Waals surface area (Å²) in [5.74, 6) is -4.93. The van der Waals surface area contributed by atoms with Gasteiger partial charge in [0.05, 0.1) is 6.42 Å². The Labute approximate surface area is 84.2 Å². The minimum Gasteiger partial charge on any atom is -0.480 e.